The molecule has 0 fully saturated rings. The lowest BCUT2D eigenvalue weighted by atomic mass is 10.1. The van der Waals surface area contributed by atoms with E-state index in [0.29, 0.717) is 16.6 Å². The molecule has 1 aliphatic heterocycles. The first-order valence-electron chi connectivity index (χ1n) is 9.53. The van der Waals surface area contributed by atoms with Crippen LogP contribution in [-0.2, 0) is 16.3 Å². The van der Waals surface area contributed by atoms with E-state index in [0.717, 1.165) is 39.2 Å². The number of ether oxygens (including phenoxy) is 1. The summed E-state index contributed by atoms with van der Waals surface area (Å²) in [6.07, 6.45) is 0. The van der Waals surface area contributed by atoms with Crippen molar-refractivity contribution in [3.8, 4) is 11.4 Å². The number of halogens is 1. The molecule has 3 aromatic carbocycles. The maximum atomic E-state index is 12.7. The van der Waals surface area contributed by atoms with E-state index in [1.165, 1.54) is 0 Å². The third kappa shape index (κ3) is 3.76. The van der Waals surface area contributed by atoms with Gasteiger partial charge in [0.15, 0.2) is 6.61 Å². The summed E-state index contributed by atoms with van der Waals surface area (Å²) in [6.45, 7) is -0.0824. The fourth-order valence-electron chi connectivity index (χ4n) is 3.51. The second-order valence-electron chi connectivity index (χ2n) is 7.00. The Morgan fingerprint density at radius 1 is 1.07 bits per heavy atom. The largest absolute Gasteiger partial charge is 0.484 e. The van der Waals surface area contributed by atoms with Gasteiger partial charge >= 0.3 is 0 Å². The maximum absolute atomic E-state index is 12.7. The van der Waals surface area contributed by atoms with Crippen molar-refractivity contribution >= 4 is 45.9 Å². The molecule has 7 heteroatoms. The smallest absolute Gasteiger partial charge is 0.263 e. The molecular formula is C23H18ClN3O2S. The van der Waals surface area contributed by atoms with Gasteiger partial charge in [-0.05, 0) is 41.1 Å². The van der Waals surface area contributed by atoms with Gasteiger partial charge in [-0.15, -0.1) is 0 Å². The first-order chi connectivity index (χ1) is 14.7. The summed E-state index contributed by atoms with van der Waals surface area (Å²) < 4.78 is 7.49. The van der Waals surface area contributed by atoms with Crippen LogP contribution in [0.1, 0.15) is 11.3 Å². The molecule has 1 aliphatic rings. The van der Waals surface area contributed by atoms with Gasteiger partial charge in [0.2, 0.25) is 0 Å². The van der Waals surface area contributed by atoms with Gasteiger partial charge in [0.25, 0.3) is 5.91 Å². The maximum Gasteiger partial charge on any atom is 0.263 e. The normalized spacial score (nSPS) is 12.7. The van der Waals surface area contributed by atoms with Crippen LogP contribution in [0.3, 0.4) is 0 Å². The zero-order valence-electron chi connectivity index (χ0n) is 16.0. The standard InChI is InChI=1S/C23H18ClN3O2S/c24-17-6-3-7-18(11-17)27-23(20-13-30-14-21(20)26-27)25-22(28)12-29-19-9-8-15-4-1-2-5-16(15)10-19/h1-11H,12-14H2,(H,25,28). The van der Waals surface area contributed by atoms with Crippen molar-refractivity contribution < 1.29 is 9.53 Å². The molecule has 2 heterocycles. The summed E-state index contributed by atoms with van der Waals surface area (Å²) in [5.41, 5.74) is 2.86. The number of thioether (sulfide) groups is 1. The number of aromatic nitrogens is 2. The molecule has 0 unspecified atom stereocenters. The Labute approximate surface area is 183 Å². The average Bonchev–Trinajstić information content (AvgIpc) is 3.35. The number of amides is 1. The van der Waals surface area contributed by atoms with Crippen molar-refractivity contribution in [3.05, 3.63) is 83.0 Å². The molecule has 4 aromatic rings. The third-order valence-electron chi connectivity index (χ3n) is 4.95. The minimum atomic E-state index is -0.231. The van der Waals surface area contributed by atoms with Gasteiger partial charge < -0.3 is 10.1 Å². The number of carbonyl (C=O) groups is 1. The van der Waals surface area contributed by atoms with E-state index in [-0.39, 0.29) is 12.5 Å². The van der Waals surface area contributed by atoms with Crippen LogP contribution < -0.4 is 10.1 Å². The number of hydrogen-bond acceptors (Lipinski definition) is 4. The van der Waals surface area contributed by atoms with Gasteiger partial charge in [-0.3, -0.25) is 4.79 Å². The van der Waals surface area contributed by atoms with E-state index in [9.17, 15) is 4.79 Å². The van der Waals surface area contributed by atoms with Crippen molar-refractivity contribution in [3.63, 3.8) is 0 Å². The number of carbonyl (C=O) groups excluding carboxylic acids is 1. The molecular weight excluding hydrogens is 418 g/mol. The SMILES string of the molecule is O=C(COc1ccc2ccccc2c1)Nc1c2c(nn1-c1cccc(Cl)c1)CSC2. The first-order valence-corrected chi connectivity index (χ1v) is 11.1. The Morgan fingerprint density at radius 3 is 2.80 bits per heavy atom. The van der Waals surface area contributed by atoms with Gasteiger partial charge in [-0.25, -0.2) is 4.68 Å². The van der Waals surface area contributed by atoms with E-state index < -0.39 is 0 Å². The lowest BCUT2D eigenvalue weighted by Crippen LogP contribution is -2.22. The molecule has 0 bridgehead atoms. The van der Waals surface area contributed by atoms with Crippen LogP contribution in [0, 0.1) is 0 Å². The van der Waals surface area contributed by atoms with Crippen LogP contribution in [0.5, 0.6) is 5.75 Å². The molecule has 30 heavy (non-hydrogen) atoms. The second-order valence-corrected chi connectivity index (χ2v) is 8.43. The Balaban J connectivity index is 1.35. The Bertz CT molecular complexity index is 1250. The minimum Gasteiger partial charge on any atom is -0.484 e. The van der Waals surface area contributed by atoms with Crippen LogP contribution >= 0.6 is 23.4 Å². The van der Waals surface area contributed by atoms with E-state index >= 15 is 0 Å². The van der Waals surface area contributed by atoms with Crippen LogP contribution in [0.25, 0.3) is 16.5 Å². The van der Waals surface area contributed by atoms with Crippen molar-refractivity contribution in [1.82, 2.24) is 9.78 Å². The predicted octanol–water partition coefficient (Wildman–Crippen LogP) is 5.44. The minimum absolute atomic E-state index is 0.0824. The highest BCUT2D eigenvalue weighted by Gasteiger charge is 2.25. The highest BCUT2D eigenvalue weighted by atomic mass is 35.5. The molecule has 0 aliphatic carbocycles. The Kier molecular flexibility index (Phi) is 5.11. The Morgan fingerprint density at radius 2 is 1.93 bits per heavy atom. The molecule has 0 atom stereocenters. The second kappa shape index (κ2) is 8.05. The van der Waals surface area contributed by atoms with Gasteiger partial charge in [0.05, 0.1) is 11.4 Å². The fourth-order valence-corrected chi connectivity index (χ4v) is 4.73. The number of benzene rings is 3. The van der Waals surface area contributed by atoms with Crippen LogP contribution in [-0.4, -0.2) is 22.3 Å². The van der Waals surface area contributed by atoms with Crippen molar-refractivity contribution in [1.29, 1.82) is 0 Å². The number of hydrogen-bond donors (Lipinski definition) is 1. The van der Waals surface area contributed by atoms with Crippen molar-refractivity contribution in [2.24, 2.45) is 0 Å². The van der Waals surface area contributed by atoms with Crippen molar-refractivity contribution in [2.45, 2.75) is 11.5 Å². The number of fused-ring (bicyclic) bond motifs is 2. The summed E-state index contributed by atoms with van der Waals surface area (Å²) in [4.78, 5) is 12.7. The van der Waals surface area contributed by atoms with Gasteiger partial charge in [-0.1, -0.05) is 48.0 Å². The molecule has 1 N–H and O–H groups in total. The zero-order chi connectivity index (χ0) is 20.5. The molecule has 0 radical (unpaired) electrons. The number of nitrogens with one attached hydrogen (secondary N) is 1. The lowest BCUT2D eigenvalue weighted by molar-refractivity contribution is -0.118. The summed E-state index contributed by atoms with van der Waals surface area (Å²) in [5.74, 6) is 2.76. The van der Waals surface area contributed by atoms with Crippen molar-refractivity contribution in [2.75, 3.05) is 11.9 Å². The first kappa shape index (κ1) is 19.0. The number of anilines is 1. The Hall–Kier alpha value is -2.96. The molecule has 150 valence electrons. The molecule has 5 rings (SSSR count). The predicted molar refractivity (Wildman–Crippen MR) is 122 cm³/mol. The summed E-state index contributed by atoms with van der Waals surface area (Å²) >= 11 is 7.94. The van der Waals surface area contributed by atoms with E-state index in [4.69, 9.17) is 16.3 Å². The summed E-state index contributed by atoms with van der Waals surface area (Å²) in [6, 6.07) is 21.3. The molecule has 1 aromatic heterocycles. The third-order valence-corrected chi connectivity index (χ3v) is 6.16. The number of rotatable bonds is 5. The van der Waals surface area contributed by atoms with Crippen LogP contribution in [0.4, 0.5) is 5.82 Å². The average molecular weight is 436 g/mol. The van der Waals surface area contributed by atoms with Gasteiger partial charge in [0.1, 0.15) is 11.6 Å². The molecule has 5 nitrogen and oxygen atoms in total. The highest BCUT2D eigenvalue weighted by molar-refractivity contribution is 7.98. The van der Waals surface area contributed by atoms with Crippen LogP contribution in [0.15, 0.2) is 66.7 Å². The van der Waals surface area contributed by atoms with Gasteiger partial charge in [0, 0.05) is 22.1 Å². The topological polar surface area (TPSA) is 56.1 Å². The molecule has 0 spiro atoms. The molecule has 0 saturated heterocycles. The van der Waals surface area contributed by atoms with Gasteiger partial charge in [-0.2, -0.15) is 16.9 Å². The zero-order valence-corrected chi connectivity index (χ0v) is 17.5. The lowest BCUT2D eigenvalue weighted by Gasteiger charge is -2.12. The monoisotopic (exact) mass is 435 g/mol. The summed E-state index contributed by atoms with van der Waals surface area (Å²) in [7, 11) is 0. The fraction of sp³-hybridized carbons (Fsp3) is 0.130. The number of nitrogens with zero attached hydrogens (tertiary/aromatic N) is 2. The van der Waals surface area contributed by atoms with E-state index in [2.05, 4.69) is 10.4 Å². The van der Waals surface area contributed by atoms with Crippen LogP contribution in [0.2, 0.25) is 5.02 Å². The highest BCUT2D eigenvalue weighted by Crippen LogP contribution is 2.36. The quantitative estimate of drug-likeness (QED) is 0.453. The molecule has 1 amide bonds. The van der Waals surface area contributed by atoms with E-state index in [1.54, 1.807) is 16.4 Å². The molecule has 0 saturated carbocycles. The summed E-state index contributed by atoms with van der Waals surface area (Å²) in [5, 5.41) is 10.5. The van der Waals surface area contributed by atoms with E-state index in [1.807, 2.05) is 66.7 Å².